The summed E-state index contributed by atoms with van der Waals surface area (Å²) in [7, 11) is 3.12. The lowest BCUT2D eigenvalue weighted by Crippen LogP contribution is -2.28. The first kappa shape index (κ1) is 31.9. The Hall–Kier alpha value is -5.64. The second-order valence-corrected chi connectivity index (χ2v) is 11.5. The average molecular weight is 669 g/mol. The molecule has 7 rings (SSSR count). The minimum Gasteiger partial charge on any atom is -0.497 e. The number of nitrogens with zero attached hydrogens (tertiary/aromatic N) is 2. The minimum atomic E-state index is -4.56. The second-order valence-electron chi connectivity index (χ2n) is 11.5. The molecule has 0 unspecified atom stereocenters. The van der Waals surface area contributed by atoms with Crippen molar-refractivity contribution in [3.05, 3.63) is 155 Å². The van der Waals surface area contributed by atoms with Crippen LogP contribution < -0.4 is 9.47 Å². The highest BCUT2D eigenvalue weighted by molar-refractivity contribution is 5.85. The summed E-state index contributed by atoms with van der Waals surface area (Å²) in [5.74, 6) is 1.26. The third kappa shape index (κ3) is 5.47. The fraction of sp³-hybridized carbons (Fsp3) is 0.128. The summed E-state index contributed by atoms with van der Waals surface area (Å²) in [6.07, 6.45) is -9.11. The van der Waals surface area contributed by atoms with Gasteiger partial charge in [0.05, 0.1) is 53.5 Å². The summed E-state index contributed by atoms with van der Waals surface area (Å²) in [6.45, 7) is 0. The Kier molecular flexibility index (Phi) is 7.69. The number of pyridine rings is 2. The molecule has 246 valence electrons. The van der Waals surface area contributed by atoms with Crippen molar-refractivity contribution in [3.8, 4) is 45.4 Å². The number of hydrogen-bond donors (Lipinski definition) is 0. The number of methoxy groups -OCH3 is 2. The van der Waals surface area contributed by atoms with Crippen molar-refractivity contribution in [3.63, 3.8) is 0 Å². The molecule has 0 saturated carbocycles. The fourth-order valence-corrected chi connectivity index (χ4v) is 6.53. The Morgan fingerprint density at radius 1 is 0.490 bits per heavy atom. The smallest absolute Gasteiger partial charge is 0.416 e. The predicted octanol–water partition coefficient (Wildman–Crippen LogP) is 10.2. The summed E-state index contributed by atoms with van der Waals surface area (Å²) < 4.78 is 92.9. The molecule has 4 nitrogen and oxygen atoms in total. The molecule has 2 heterocycles. The van der Waals surface area contributed by atoms with Crippen molar-refractivity contribution >= 4 is 0 Å². The highest BCUT2D eigenvalue weighted by Gasteiger charge is 2.48. The fourth-order valence-electron chi connectivity index (χ4n) is 6.53. The van der Waals surface area contributed by atoms with E-state index in [1.165, 1.54) is 12.1 Å². The highest BCUT2D eigenvalue weighted by Crippen LogP contribution is 2.56. The van der Waals surface area contributed by atoms with E-state index >= 15 is 0 Å². The first-order chi connectivity index (χ1) is 23.4. The van der Waals surface area contributed by atoms with Gasteiger partial charge in [-0.2, -0.15) is 26.3 Å². The predicted molar refractivity (Wildman–Crippen MR) is 173 cm³/mol. The first-order valence-corrected chi connectivity index (χ1v) is 15.1. The van der Waals surface area contributed by atoms with Crippen LogP contribution in [0.15, 0.2) is 121 Å². The van der Waals surface area contributed by atoms with Gasteiger partial charge < -0.3 is 9.47 Å². The Labute approximate surface area is 277 Å². The standard InChI is InChI=1S/C39H26F6N2O2/c1-48-29-13-9-25(10-14-29)37(26-11-15-30(49-2)16-12-26)31-17-19-33(23-5-3-7-27(21-23)38(40,41)42)46-35(31)36-32(37)18-20-34(47-36)24-6-4-8-28(22-24)39(43,44)45/h3-22H,1-2H3. The monoisotopic (exact) mass is 668 g/mol. The van der Waals surface area contributed by atoms with Crippen LogP contribution in [0.1, 0.15) is 33.4 Å². The number of rotatable bonds is 6. The van der Waals surface area contributed by atoms with Crippen molar-refractivity contribution in [2.45, 2.75) is 17.8 Å². The van der Waals surface area contributed by atoms with Crippen LogP contribution in [0.2, 0.25) is 0 Å². The number of halogens is 6. The molecule has 4 aromatic carbocycles. The van der Waals surface area contributed by atoms with Gasteiger partial charge in [-0.1, -0.05) is 60.7 Å². The van der Waals surface area contributed by atoms with Crippen molar-refractivity contribution in [2.24, 2.45) is 0 Å². The molecule has 0 spiro atoms. The zero-order valence-corrected chi connectivity index (χ0v) is 26.0. The minimum absolute atomic E-state index is 0.250. The molecule has 1 aliphatic rings. The van der Waals surface area contributed by atoms with Gasteiger partial charge in [-0.25, -0.2) is 9.97 Å². The van der Waals surface area contributed by atoms with Gasteiger partial charge in [-0.3, -0.25) is 0 Å². The second kappa shape index (κ2) is 11.8. The number of fused-ring (bicyclic) bond motifs is 3. The molecular formula is C39H26F6N2O2. The topological polar surface area (TPSA) is 44.2 Å². The molecule has 0 N–H and O–H groups in total. The van der Waals surface area contributed by atoms with Crippen LogP contribution in [0.4, 0.5) is 26.3 Å². The molecule has 0 atom stereocenters. The van der Waals surface area contributed by atoms with Crippen LogP contribution in [0.3, 0.4) is 0 Å². The SMILES string of the molecule is COc1ccc(C2(c3ccc(OC)cc3)c3ccc(-c4cccc(C(F)(F)F)c4)nc3-c3nc(-c4cccc(C(F)(F)F)c4)ccc32)cc1. The molecular weight excluding hydrogens is 642 g/mol. The van der Waals surface area contributed by atoms with Crippen molar-refractivity contribution < 1.29 is 35.8 Å². The van der Waals surface area contributed by atoms with Crippen LogP contribution in [0.25, 0.3) is 33.9 Å². The van der Waals surface area contributed by atoms with Gasteiger partial charge in [-0.15, -0.1) is 0 Å². The third-order valence-electron chi connectivity index (χ3n) is 8.84. The third-order valence-corrected chi connectivity index (χ3v) is 8.84. The van der Waals surface area contributed by atoms with Crippen LogP contribution in [-0.2, 0) is 17.8 Å². The van der Waals surface area contributed by atoms with Crippen molar-refractivity contribution in [1.82, 2.24) is 9.97 Å². The van der Waals surface area contributed by atoms with Gasteiger partial charge >= 0.3 is 12.4 Å². The molecule has 0 radical (unpaired) electrons. The van der Waals surface area contributed by atoms with E-state index in [0.717, 1.165) is 35.4 Å². The number of hydrogen-bond acceptors (Lipinski definition) is 4. The van der Waals surface area contributed by atoms with Gasteiger partial charge in [0.2, 0.25) is 0 Å². The number of ether oxygens (including phenoxy) is 2. The lowest BCUT2D eigenvalue weighted by molar-refractivity contribution is -0.138. The molecule has 10 heteroatoms. The van der Waals surface area contributed by atoms with Gasteiger partial charge in [0.25, 0.3) is 0 Å². The zero-order chi connectivity index (χ0) is 34.6. The lowest BCUT2D eigenvalue weighted by atomic mass is 9.68. The molecule has 6 aromatic rings. The van der Waals surface area contributed by atoms with Gasteiger partial charge in [-0.05, 0) is 82.9 Å². The zero-order valence-electron chi connectivity index (χ0n) is 26.0. The number of benzene rings is 4. The van der Waals surface area contributed by atoms with Gasteiger partial charge in [0.1, 0.15) is 11.5 Å². The van der Waals surface area contributed by atoms with E-state index in [-0.39, 0.29) is 22.5 Å². The normalized spacial score (nSPS) is 13.5. The highest BCUT2D eigenvalue weighted by atomic mass is 19.4. The average Bonchev–Trinajstić information content (AvgIpc) is 3.41. The van der Waals surface area contributed by atoms with Crippen LogP contribution in [0.5, 0.6) is 11.5 Å². The quantitative estimate of drug-likeness (QED) is 0.166. The van der Waals surface area contributed by atoms with E-state index in [0.29, 0.717) is 34.0 Å². The molecule has 0 amide bonds. The van der Waals surface area contributed by atoms with E-state index in [1.807, 2.05) is 60.7 Å². The molecule has 1 aliphatic carbocycles. The van der Waals surface area contributed by atoms with E-state index in [4.69, 9.17) is 19.4 Å². The Balaban J connectivity index is 1.53. The summed E-state index contributed by atoms with van der Waals surface area (Å²) in [5.41, 5.74) is 2.22. The van der Waals surface area contributed by atoms with E-state index in [2.05, 4.69) is 0 Å². The summed E-state index contributed by atoms with van der Waals surface area (Å²) >= 11 is 0. The molecule has 0 fully saturated rings. The van der Waals surface area contributed by atoms with E-state index < -0.39 is 28.9 Å². The Bertz CT molecular complexity index is 2020. The maximum atomic E-state index is 13.7. The van der Waals surface area contributed by atoms with Crippen molar-refractivity contribution in [1.29, 1.82) is 0 Å². The van der Waals surface area contributed by atoms with E-state index in [9.17, 15) is 26.3 Å². The van der Waals surface area contributed by atoms with Crippen LogP contribution in [-0.4, -0.2) is 24.2 Å². The molecule has 2 aromatic heterocycles. The van der Waals surface area contributed by atoms with Crippen LogP contribution in [0, 0.1) is 0 Å². The largest absolute Gasteiger partial charge is 0.497 e. The first-order valence-electron chi connectivity index (χ1n) is 15.1. The van der Waals surface area contributed by atoms with E-state index in [1.54, 1.807) is 38.5 Å². The van der Waals surface area contributed by atoms with Gasteiger partial charge in [0.15, 0.2) is 0 Å². The maximum Gasteiger partial charge on any atom is 0.416 e. The summed E-state index contributed by atoms with van der Waals surface area (Å²) in [6, 6.07) is 31.8. The maximum absolute atomic E-state index is 13.7. The van der Waals surface area contributed by atoms with Crippen molar-refractivity contribution in [2.75, 3.05) is 14.2 Å². The van der Waals surface area contributed by atoms with Crippen LogP contribution >= 0.6 is 0 Å². The lowest BCUT2D eigenvalue weighted by Gasteiger charge is -2.33. The summed E-state index contributed by atoms with van der Waals surface area (Å²) in [5, 5.41) is 0. The van der Waals surface area contributed by atoms with Gasteiger partial charge in [0, 0.05) is 11.1 Å². The molecule has 0 bridgehead atoms. The molecule has 0 aliphatic heterocycles. The number of alkyl halides is 6. The summed E-state index contributed by atoms with van der Waals surface area (Å²) in [4.78, 5) is 9.87. The molecule has 0 saturated heterocycles. The Morgan fingerprint density at radius 2 is 0.878 bits per heavy atom. The number of aromatic nitrogens is 2. The molecule has 49 heavy (non-hydrogen) atoms. The Morgan fingerprint density at radius 3 is 1.22 bits per heavy atom.